The van der Waals surface area contributed by atoms with Gasteiger partial charge >= 0.3 is 0 Å². The van der Waals surface area contributed by atoms with Gasteiger partial charge in [-0.1, -0.05) is 109 Å². The van der Waals surface area contributed by atoms with Crippen LogP contribution in [0.4, 0.5) is 0 Å². The lowest BCUT2D eigenvalue weighted by Gasteiger charge is -2.08. The summed E-state index contributed by atoms with van der Waals surface area (Å²) >= 11 is 0. The normalized spacial score (nSPS) is 11.9. The summed E-state index contributed by atoms with van der Waals surface area (Å²) in [7, 11) is 0. The number of rotatable bonds is 3. The van der Waals surface area contributed by atoms with Gasteiger partial charge in [0.2, 0.25) is 0 Å². The van der Waals surface area contributed by atoms with Crippen molar-refractivity contribution in [2.75, 3.05) is 0 Å². The van der Waals surface area contributed by atoms with E-state index in [1.807, 2.05) is 18.2 Å². The maximum atomic E-state index is 6.73. The molecule has 0 aliphatic heterocycles. The van der Waals surface area contributed by atoms with E-state index >= 15 is 0 Å². The van der Waals surface area contributed by atoms with Crippen molar-refractivity contribution in [2.24, 2.45) is 0 Å². The van der Waals surface area contributed by atoms with Crippen LogP contribution in [0.25, 0.3) is 93.8 Å². The molecular weight excluding hydrogens is 562 g/mol. The molecule has 10 rings (SSSR count). The summed E-state index contributed by atoms with van der Waals surface area (Å²) < 4.78 is 9.05. The average molecular weight is 588 g/mol. The molecule has 0 saturated carbocycles. The Kier molecular flexibility index (Phi) is 5.25. The number of furan rings is 1. The molecule has 0 aliphatic rings. The van der Waals surface area contributed by atoms with Crippen molar-refractivity contribution in [3.8, 4) is 28.2 Å². The van der Waals surface area contributed by atoms with E-state index in [1.54, 1.807) is 0 Å². The molecule has 0 saturated heterocycles. The Bertz CT molecular complexity index is 2760. The third kappa shape index (κ3) is 3.67. The summed E-state index contributed by atoms with van der Waals surface area (Å²) in [6, 6.07) is 53.0. The molecule has 0 radical (unpaired) electrons. The standard InChI is InChI=1S/C42H25N3O/c1-2-9-26(10-3-1)34-23-20-27-17-18-28-21-24-35(44-41(28)40(27)43-34)29-19-22-32-33-13-8-16-38(42(33)46-39(32)25-29)45-36-14-6-4-11-30(36)31-12-5-7-15-37(31)45/h1-25H. The molecule has 0 amide bonds. The van der Waals surface area contributed by atoms with Gasteiger partial charge in [-0.25, -0.2) is 9.97 Å². The second-order valence-corrected chi connectivity index (χ2v) is 11.8. The third-order valence-electron chi connectivity index (χ3n) is 9.18. The number of nitrogens with zero attached hydrogens (tertiary/aromatic N) is 3. The van der Waals surface area contributed by atoms with Gasteiger partial charge in [0, 0.05) is 43.4 Å². The van der Waals surface area contributed by atoms with Crippen molar-refractivity contribution in [1.82, 2.24) is 14.5 Å². The fourth-order valence-electron chi connectivity index (χ4n) is 7.00. The van der Waals surface area contributed by atoms with Gasteiger partial charge in [0.15, 0.2) is 5.58 Å². The van der Waals surface area contributed by atoms with Crippen LogP contribution in [0.3, 0.4) is 0 Å². The van der Waals surface area contributed by atoms with Crippen LogP contribution < -0.4 is 0 Å². The molecule has 0 bridgehead atoms. The first-order valence-corrected chi connectivity index (χ1v) is 15.5. The monoisotopic (exact) mass is 587 g/mol. The predicted molar refractivity (Wildman–Crippen MR) is 190 cm³/mol. The van der Waals surface area contributed by atoms with Crippen LogP contribution in [-0.2, 0) is 0 Å². The van der Waals surface area contributed by atoms with Crippen LogP contribution in [0.5, 0.6) is 0 Å². The SMILES string of the molecule is c1ccc(-c2ccc3ccc4ccc(-c5ccc6c(c5)oc5c(-n7c8ccccc8c8ccccc87)cccc56)nc4c3n2)cc1. The van der Waals surface area contributed by atoms with Gasteiger partial charge < -0.3 is 8.98 Å². The molecular formula is C42H25N3O. The Labute approximate surface area is 263 Å². The van der Waals surface area contributed by atoms with Crippen LogP contribution in [0.2, 0.25) is 0 Å². The van der Waals surface area contributed by atoms with Crippen molar-refractivity contribution in [2.45, 2.75) is 0 Å². The second-order valence-electron chi connectivity index (χ2n) is 11.8. The van der Waals surface area contributed by atoms with Gasteiger partial charge in [0.1, 0.15) is 5.58 Å². The van der Waals surface area contributed by atoms with E-state index in [1.165, 1.54) is 10.8 Å². The Balaban J connectivity index is 1.15. The van der Waals surface area contributed by atoms with Crippen molar-refractivity contribution in [3.05, 3.63) is 152 Å². The molecule has 0 aliphatic carbocycles. The first kappa shape index (κ1) is 25.1. The smallest absolute Gasteiger partial charge is 0.159 e. The Morgan fingerprint density at radius 3 is 1.72 bits per heavy atom. The van der Waals surface area contributed by atoms with Crippen molar-refractivity contribution in [3.63, 3.8) is 0 Å². The first-order chi connectivity index (χ1) is 22.8. The third-order valence-corrected chi connectivity index (χ3v) is 9.18. The maximum absolute atomic E-state index is 6.73. The van der Waals surface area contributed by atoms with Gasteiger partial charge in [-0.2, -0.15) is 0 Å². The lowest BCUT2D eigenvalue weighted by atomic mass is 10.0. The minimum absolute atomic E-state index is 0.838. The molecule has 46 heavy (non-hydrogen) atoms. The summed E-state index contributed by atoms with van der Waals surface area (Å²) in [5.41, 5.74) is 10.8. The number of hydrogen-bond donors (Lipinski definition) is 0. The molecule has 0 fully saturated rings. The zero-order valence-corrected chi connectivity index (χ0v) is 24.7. The molecule has 0 unspecified atom stereocenters. The lowest BCUT2D eigenvalue weighted by molar-refractivity contribution is 0.666. The first-order valence-electron chi connectivity index (χ1n) is 15.5. The van der Waals surface area contributed by atoms with E-state index in [-0.39, 0.29) is 0 Å². The van der Waals surface area contributed by atoms with Crippen LogP contribution in [0.1, 0.15) is 0 Å². The summed E-state index contributed by atoms with van der Waals surface area (Å²) in [6.45, 7) is 0. The van der Waals surface area contributed by atoms with Gasteiger partial charge in [0.25, 0.3) is 0 Å². The largest absolute Gasteiger partial charge is 0.454 e. The van der Waals surface area contributed by atoms with E-state index in [9.17, 15) is 0 Å². The Morgan fingerprint density at radius 1 is 0.435 bits per heavy atom. The highest BCUT2D eigenvalue weighted by Crippen LogP contribution is 2.39. The number of pyridine rings is 2. The van der Waals surface area contributed by atoms with E-state index in [2.05, 4.69) is 138 Å². The summed E-state index contributed by atoms with van der Waals surface area (Å²) in [6.07, 6.45) is 0. The van der Waals surface area contributed by atoms with Gasteiger partial charge in [-0.15, -0.1) is 0 Å². The minimum Gasteiger partial charge on any atom is -0.454 e. The molecule has 4 heterocycles. The minimum atomic E-state index is 0.838. The molecule has 4 aromatic heterocycles. The highest BCUT2D eigenvalue weighted by atomic mass is 16.3. The zero-order valence-electron chi connectivity index (χ0n) is 24.7. The quantitative estimate of drug-likeness (QED) is 0.193. The summed E-state index contributed by atoms with van der Waals surface area (Å²) in [5.74, 6) is 0. The van der Waals surface area contributed by atoms with Crippen LogP contribution in [-0.4, -0.2) is 14.5 Å². The maximum Gasteiger partial charge on any atom is 0.159 e. The summed E-state index contributed by atoms with van der Waals surface area (Å²) in [5, 5.41) is 6.78. The fourth-order valence-corrected chi connectivity index (χ4v) is 7.00. The van der Waals surface area contributed by atoms with E-state index in [0.717, 1.165) is 83.0 Å². The van der Waals surface area contributed by atoms with Crippen LogP contribution >= 0.6 is 0 Å². The number of hydrogen-bond acceptors (Lipinski definition) is 3. The number of aromatic nitrogens is 3. The second kappa shape index (κ2) is 9.62. The molecule has 6 aromatic carbocycles. The van der Waals surface area contributed by atoms with Gasteiger partial charge in [-0.05, 0) is 42.5 Å². The van der Waals surface area contributed by atoms with Crippen molar-refractivity contribution in [1.29, 1.82) is 0 Å². The highest BCUT2D eigenvalue weighted by Gasteiger charge is 2.18. The molecule has 0 atom stereocenters. The van der Waals surface area contributed by atoms with E-state index in [4.69, 9.17) is 14.4 Å². The molecule has 4 heteroatoms. The van der Waals surface area contributed by atoms with E-state index in [0.29, 0.717) is 0 Å². The highest BCUT2D eigenvalue weighted by molar-refractivity contribution is 6.13. The average Bonchev–Trinajstić information content (AvgIpc) is 3.67. The van der Waals surface area contributed by atoms with Crippen LogP contribution in [0.15, 0.2) is 156 Å². The fraction of sp³-hybridized carbons (Fsp3) is 0. The van der Waals surface area contributed by atoms with Crippen molar-refractivity contribution >= 4 is 65.6 Å². The Morgan fingerprint density at radius 2 is 1.02 bits per heavy atom. The van der Waals surface area contributed by atoms with Gasteiger partial charge in [-0.3, -0.25) is 0 Å². The topological polar surface area (TPSA) is 43.9 Å². The van der Waals surface area contributed by atoms with Crippen LogP contribution in [0, 0.1) is 0 Å². The molecule has 214 valence electrons. The number of para-hydroxylation sites is 3. The Hall–Kier alpha value is -6.26. The molecule has 0 spiro atoms. The van der Waals surface area contributed by atoms with Gasteiger partial charge in [0.05, 0.1) is 39.1 Å². The predicted octanol–water partition coefficient (Wildman–Crippen LogP) is 11.1. The number of benzene rings is 6. The van der Waals surface area contributed by atoms with Crippen molar-refractivity contribution < 1.29 is 4.42 Å². The lowest BCUT2D eigenvalue weighted by Crippen LogP contribution is -1.93. The number of fused-ring (bicyclic) bond motifs is 9. The van der Waals surface area contributed by atoms with E-state index < -0.39 is 0 Å². The molecule has 0 N–H and O–H groups in total. The summed E-state index contributed by atoms with van der Waals surface area (Å²) in [4.78, 5) is 10.3. The molecule has 10 aromatic rings. The molecule has 4 nitrogen and oxygen atoms in total. The zero-order chi connectivity index (χ0) is 30.2.